The molecule has 1 atom stereocenters. The van der Waals surface area contributed by atoms with Crippen molar-refractivity contribution in [3.05, 3.63) is 59.9 Å². The minimum atomic E-state index is -3.17. The highest BCUT2D eigenvalue weighted by Gasteiger charge is 2.19. The molecule has 100 valence electrons. The molecule has 5 heteroatoms. The van der Waals surface area contributed by atoms with Gasteiger partial charge in [0, 0.05) is 6.66 Å². The molecule has 2 rings (SSSR count). The van der Waals surface area contributed by atoms with Gasteiger partial charge in [-0.3, -0.25) is 4.57 Å². The molecule has 0 aliphatic heterocycles. The summed E-state index contributed by atoms with van der Waals surface area (Å²) in [6.07, 6.45) is 0. The van der Waals surface area contributed by atoms with Gasteiger partial charge < -0.3 is 9.61 Å². The minimum absolute atomic E-state index is 0.182. The SMILES string of the molecule is Cc1ccc(F)c(N[P@@](C)(=O)Oc2ccccc2)c1. The van der Waals surface area contributed by atoms with Gasteiger partial charge in [-0.15, -0.1) is 0 Å². The highest BCUT2D eigenvalue weighted by atomic mass is 31.2. The molecule has 2 aromatic carbocycles. The maximum absolute atomic E-state index is 13.6. The Kier molecular flexibility index (Phi) is 3.91. The van der Waals surface area contributed by atoms with Crippen molar-refractivity contribution in [2.75, 3.05) is 11.8 Å². The van der Waals surface area contributed by atoms with Gasteiger partial charge in [0.2, 0.25) is 0 Å². The average Bonchev–Trinajstić information content (AvgIpc) is 2.34. The van der Waals surface area contributed by atoms with Gasteiger partial charge in [-0.05, 0) is 36.8 Å². The van der Waals surface area contributed by atoms with Crippen LogP contribution < -0.4 is 9.61 Å². The number of benzene rings is 2. The molecule has 0 spiro atoms. The lowest BCUT2D eigenvalue weighted by molar-refractivity contribution is 0.493. The molecule has 1 N–H and O–H groups in total. The van der Waals surface area contributed by atoms with Crippen molar-refractivity contribution >= 4 is 13.2 Å². The zero-order chi connectivity index (χ0) is 13.9. The van der Waals surface area contributed by atoms with Gasteiger partial charge in [-0.1, -0.05) is 24.3 Å². The second kappa shape index (κ2) is 5.45. The van der Waals surface area contributed by atoms with E-state index in [0.29, 0.717) is 5.75 Å². The Hall–Kier alpha value is -1.80. The Labute approximate surface area is 111 Å². The van der Waals surface area contributed by atoms with Crippen LogP contribution in [-0.4, -0.2) is 6.66 Å². The number of halogens is 1. The fraction of sp³-hybridized carbons (Fsp3) is 0.143. The Morgan fingerprint density at radius 2 is 1.84 bits per heavy atom. The van der Waals surface area contributed by atoms with Crippen molar-refractivity contribution in [3.63, 3.8) is 0 Å². The van der Waals surface area contributed by atoms with Crippen molar-refractivity contribution in [2.45, 2.75) is 6.92 Å². The van der Waals surface area contributed by atoms with Gasteiger partial charge in [0.15, 0.2) is 0 Å². The Balaban J connectivity index is 2.17. The van der Waals surface area contributed by atoms with Crippen molar-refractivity contribution < 1.29 is 13.5 Å². The lowest BCUT2D eigenvalue weighted by Crippen LogP contribution is -2.04. The smallest absolute Gasteiger partial charge is 0.338 e. The second-order valence-electron chi connectivity index (χ2n) is 4.35. The van der Waals surface area contributed by atoms with E-state index in [1.54, 1.807) is 36.4 Å². The molecule has 2 aromatic rings. The van der Waals surface area contributed by atoms with Crippen LogP contribution in [0.3, 0.4) is 0 Å². The van der Waals surface area contributed by atoms with Gasteiger partial charge in [-0.25, -0.2) is 4.39 Å². The minimum Gasteiger partial charge on any atom is -0.429 e. The Bertz CT molecular complexity index is 616. The molecule has 0 saturated carbocycles. The third-order valence-corrected chi connectivity index (χ3v) is 3.67. The van der Waals surface area contributed by atoms with Crippen LogP contribution in [0.1, 0.15) is 5.56 Å². The summed E-state index contributed by atoms with van der Waals surface area (Å²) < 4.78 is 31.3. The van der Waals surface area contributed by atoms with Crippen LogP contribution in [0.15, 0.2) is 48.5 Å². The predicted molar refractivity (Wildman–Crippen MR) is 75.4 cm³/mol. The van der Waals surface area contributed by atoms with Crippen LogP contribution in [0.2, 0.25) is 0 Å². The number of hydrogen-bond acceptors (Lipinski definition) is 2. The highest BCUT2D eigenvalue weighted by Crippen LogP contribution is 2.43. The number of hydrogen-bond donors (Lipinski definition) is 1. The predicted octanol–water partition coefficient (Wildman–Crippen LogP) is 4.45. The average molecular weight is 279 g/mol. The molecular weight excluding hydrogens is 264 g/mol. The third-order valence-electron chi connectivity index (χ3n) is 2.47. The largest absolute Gasteiger partial charge is 0.429 e. The van der Waals surface area contributed by atoms with Gasteiger partial charge in [0.25, 0.3) is 0 Å². The third kappa shape index (κ3) is 3.83. The molecular formula is C14H15FNO2P. The van der Waals surface area contributed by atoms with Gasteiger partial charge in [-0.2, -0.15) is 0 Å². The number of rotatable bonds is 4. The van der Waals surface area contributed by atoms with E-state index >= 15 is 0 Å². The van der Waals surface area contributed by atoms with Gasteiger partial charge in [0.1, 0.15) is 11.6 Å². The molecule has 0 aliphatic carbocycles. The number of anilines is 1. The van der Waals surface area contributed by atoms with Gasteiger partial charge >= 0.3 is 7.52 Å². The molecule has 0 bridgehead atoms. The topological polar surface area (TPSA) is 38.3 Å². The van der Waals surface area contributed by atoms with Crippen LogP contribution >= 0.6 is 7.52 Å². The number of aryl methyl sites for hydroxylation is 1. The van der Waals surface area contributed by atoms with Crippen molar-refractivity contribution in [3.8, 4) is 5.75 Å². The highest BCUT2D eigenvalue weighted by molar-refractivity contribution is 7.60. The number of nitrogens with one attached hydrogen (secondary N) is 1. The summed E-state index contributed by atoms with van der Waals surface area (Å²) in [5, 5.41) is 2.63. The lowest BCUT2D eigenvalue weighted by atomic mass is 10.2. The maximum Gasteiger partial charge on any atom is 0.338 e. The van der Waals surface area contributed by atoms with Crippen LogP contribution in [0, 0.1) is 12.7 Å². The van der Waals surface area contributed by atoms with Crippen molar-refractivity contribution in [1.29, 1.82) is 0 Å². The summed E-state index contributed by atoms with van der Waals surface area (Å²) in [4.78, 5) is 0. The molecule has 0 saturated heterocycles. The van der Waals surface area contributed by atoms with E-state index < -0.39 is 13.3 Å². The van der Waals surface area contributed by atoms with E-state index in [-0.39, 0.29) is 5.69 Å². The fourth-order valence-electron chi connectivity index (χ4n) is 1.65. The van der Waals surface area contributed by atoms with Crippen LogP contribution in [0.4, 0.5) is 10.1 Å². The standard InChI is InChI=1S/C14H15FNO2P/c1-11-8-9-13(15)14(10-11)16-19(2,17)18-12-6-4-3-5-7-12/h3-10H,1-2H3,(H,16,17)/t19-/m0/s1. The van der Waals surface area contributed by atoms with E-state index in [1.807, 2.05) is 13.0 Å². The van der Waals surface area contributed by atoms with E-state index in [1.165, 1.54) is 12.7 Å². The Morgan fingerprint density at radius 1 is 1.16 bits per heavy atom. The van der Waals surface area contributed by atoms with E-state index in [4.69, 9.17) is 4.52 Å². The first-order valence-corrected chi connectivity index (χ1v) is 7.90. The van der Waals surface area contributed by atoms with E-state index in [0.717, 1.165) is 5.56 Å². The first-order valence-electron chi connectivity index (χ1n) is 5.83. The normalized spacial score (nSPS) is 13.6. The molecule has 0 aromatic heterocycles. The molecule has 0 fully saturated rings. The van der Waals surface area contributed by atoms with Crippen LogP contribution in [0.25, 0.3) is 0 Å². The van der Waals surface area contributed by atoms with E-state index in [9.17, 15) is 8.96 Å². The van der Waals surface area contributed by atoms with E-state index in [2.05, 4.69) is 5.09 Å². The fourth-order valence-corrected chi connectivity index (χ4v) is 2.83. The summed E-state index contributed by atoms with van der Waals surface area (Å²) >= 11 is 0. The zero-order valence-corrected chi connectivity index (χ0v) is 11.7. The molecule has 0 amide bonds. The first-order chi connectivity index (χ1) is 8.96. The van der Waals surface area contributed by atoms with Gasteiger partial charge in [0.05, 0.1) is 5.69 Å². The summed E-state index contributed by atoms with van der Waals surface area (Å²) in [5.74, 6) is 0.0261. The van der Waals surface area contributed by atoms with Crippen molar-refractivity contribution in [1.82, 2.24) is 0 Å². The molecule has 0 unspecified atom stereocenters. The summed E-state index contributed by atoms with van der Waals surface area (Å²) in [5.41, 5.74) is 1.06. The first kappa shape index (κ1) is 13.6. The maximum atomic E-state index is 13.6. The molecule has 3 nitrogen and oxygen atoms in total. The monoisotopic (exact) mass is 279 g/mol. The second-order valence-corrected chi connectivity index (χ2v) is 6.44. The molecule has 0 radical (unpaired) electrons. The lowest BCUT2D eigenvalue weighted by Gasteiger charge is -2.18. The quantitative estimate of drug-likeness (QED) is 0.840. The molecule has 0 heterocycles. The van der Waals surface area contributed by atoms with Crippen LogP contribution in [-0.2, 0) is 4.57 Å². The summed E-state index contributed by atoms with van der Waals surface area (Å²) in [6.45, 7) is 3.25. The zero-order valence-electron chi connectivity index (χ0n) is 10.8. The van der Waals surface area contributed by atoms with Crippen molar-refractivity contribution in [2.24, 2.45) is 0 Å². The summed E-state index contributed by atoms with van der Waals surface area (Å²) in [6, 6.07) is 13.4. The molecule has 0 aliphatic rings. The van der Waals surface area contributed by atoms with Crippen LogP contribution in [0.5, 0.6) is 5.75 Å². The summed E-state index contributed by atoms with van der Waals surface area (Å²) in [7, 11) is -3.17. The Morgan fingerprint density at radius 3 is 2.53 bits per heavy atom. The number of para-hydroxylation sites is 1. The molecule has 19 heavy (non-hydrogen) atoms.